The van der Waals surface area contributed by atoms with Crippen molar-refractivity contribution < 1.29 is 21.4 Å². The summed E-state index contributed by atoms with van der Waals surface area (Å²) < 4.78 is 47.1. The summed E-state index contributed by atoms with van der Waals surface area (Å²) in [5.41, 5.74) is 4.34. The van der Waals surface area contributed by atoms with Gasteiger partial charge in [0, 0.05) is 5.56 Å². The summed E-state index contributed by atoms with van der Waals surface area (Å²) in [6.07, 6.45) is 3.63. The van der Waals surface area contributed by atoms with Gasteiger partial charge in [-0.15, -0.1) is 0 Å². The molecule has 0 saturated heterocycles. The molecule has 4 rings (SSSR count). The smallest absolute Gasteiger partial charge is 0.361 e. The van der Waals surface area contributed by atoms with Gasteiger partial charge in [-0.1, -0.05) is 48.5 Å². The molecule has 0 saturated carbocycles. The molecule has 7 heteroatoms. The monoisotopic (exact) mass is 612 g/mol. The van der Waals surface area contributed by atoms with E-state index in [-0.39, 0.29) is 6.61 Å². The third kappa shape index (κ3) is 9.81. The van der Waals surface area contributed by atoms with E-state index in [0.717, 1.165) is 58.8 Å². The summed E-state index contributed by atoms with van der Waals surface area (Å²) in [7, 11) is 1.68. The fourth-order valence-corrected chi connectivity index (χ4v) is 4.63. The van der Waals surface area contributed by atoms with E-state index < -0.39 is 20.2 Å². The zero-order chi connectivity index (χ0) is 26.5. The summed E-state index contributed by atoms with van der Waals surface area (Å²) in [6.45, 7) is 2.05. The molecule has 0 radical (unpaired) electrons. The topological polar surface area (TPSA) is 69.9 Å². The van der Waals surface area contributed by atoms with E-state index in [1.165, 1.54) is 0 Å². The second-order valence-electron chi connectivity index (χ2n) is 8.36. The molecule has 0 N–H and O–H groups in total. The third-order valence-corrected chi connectivity index (χ3v) is 6.98. The number of methoxy groups -OCH3 is 1. The molecule has 0 amide bonds. The van der Waals surface area contributed by atoms with E-state index in [2.05, 4.69) is 51.5 Å². The molecule has 194 valence electrons. The molecule has 0 aliphatic heterocycles. The zero-order valence-corrected chi connectivity index (χ0v) is 23.7. The first-order valence-corrected chi connectivity index (χ1v) is 16.4. The van der Waals surface area contributed by atoms with Crippen LogP contribution in [0.25, 0.3) is 33.8 Å². The standard InChI is InChI=1S/C24H19O2.C6H13O.FH.2O.Sb/c1-25-22-14-12-18(13-15-22)21-16-23(19-8-4-2-5-9-19)26-24(17-21)20-10-6-3-7-11-20;1-2-3-4-5-6-7;;;;/h2-17H,1H3;2-6H2,1H3;1H;;;/q+1;-1;;;-1;+2/p-1. The van der Waals surface area contributed by atoms with Crippen LogP contribution in [0.15, 0.2) is 101 Å². The Bertz CT molecular complexity index is 1200. The summed E-state index contributed by atoms with van der Waals surface area (Å²) in [5.74, 6) is 2.54. The number of hydrogen-bond acceptors (Lipinski definition) is 4. The van der Waals surface area contributed by atoms with E-state index in [4.69, 9.17) is 9.15 Å². The predicted molar refractivity (Wildman–Crippen MR) is 144 cm³/mol. The number of rotatable bonds is 10. The normalized spacial score (nSPS) is 12.2. The van der Waals surface area contributed by atoms with Crippen molar-refractivity contribution in [1.29, 1.82) is 0 Å². The van der Waals surface area contributed by atoms with Crippen LogP contribution in [-0.2, 0) is 6.03 Å². The SMILES string of the molecule is CCCCCC[O][Sb](=[O])([O-])[F].COc1ccc(-c2cc(-c3ccccc3)[o+]c(-c3ccccc3)c2)cc1. The quantitative estimate of drug-likeness (QED) is 0.106. The van der Waals surface area contributed by atoms with Crippen LogP contribution in [-0.4, -0.2) is 33.9 Å². The number of unbranched alkanes of at least 4 members (excludes halogenated alkanes) is 3. The van der Waals surface area contributed by atoms with Crippen molar-refractivity contribution in [2.24, 2.45) is 0 Å². The molecule has 3 aromatic carbocycles. The molecule has 0 bridgehead atoms. The van der Waals surface area contributed by atoms with Crippen LogP contribution in [0.2, 0.25) is 0 Å². The van der Waals surface area contributed by atoms with Gasteiger partial charge in [-0.25, -0.2) is 4.42 Å². The molecule has 1 atom stereocenters. The van der Waals surface area contributed by atoms with Gasteiger partial charge in [-0.2, -0.15) is 0 Å². The van der Waals surface area contributed by atoms with Gasteiger partial charge in [0.2, 0.25) is 0 Å². The van der Waals surface area contributed by atoms with Crippen molar-refractivity contribution in [3.63, 3.8) is 0 Å². The van der Waals surface area contributed by atoms with Gasteiger partial charge in [0.25, 0.3) is 0 Å². The summed E-state index contributed by atoms with van der Waals surface area (Å²) in [5, 5.41) is 0. The maximum absolute atomic E-state index is 11.8. The molecule has 1 aromatic heterocycles. The second-order valence-corrected chi connectivity index (χ2v) is 11.6. The minimum absolute atomic E-state index is 0.00903. The maximum Gasteiger partial charge on any atom is 0.361 e. The predicted octanol–water partition coefficient (Wildman–Crippen LogP) is 7.35. The van der Waals surface area contributed by atoms with Crippen molar-refractivity contribution >= 4 is 20.2 Å². The van der Waals surface area contributed by atoms with Gasteiger partial charge in [-0.3, -0.25) is 0 Å². The Morgan fingerprint density at radius 2 is 1.30 bits per heavy atom. The van der Waals surface area contributed by atoms with E-state index in [1.807, 2.05) is 55.5 Å². The molecule has 0 aliphatic carbocycles. The molecular weight excluding hydrogens is 581 g/mol. The molecule has 4 aromatic rings. The summed E-state index contributed by atoms with van der Waals surface area (Å²) in [4.78, 5) is 0. The van der Waals surface area contributed by atoms with Crippen molar-refractivity contribution in [3.8, 4) is 39.5 Å². The largest absolute Gasteiger partial charge is 0.497 e. The fraction of sp³-hybridized carbons (Fsp3) is 0.233. The van der Waals surface area contributed by atoms with E-state index in [0.29, 0.717) is 6.42 Å². The van der Waals surface area contributed by atoms with E-state index >= 15 is 0 Å². The van der Waals surface area contributed by atoms with Gasteiger partial charge >= 0.3 is 83.2 Å². The number of benzene rings is 3. The Morgan fingerprint density at radius 1 is 0.757 bits per heavy atom. The first-order chi connectivity index (χ1) is 17.9. The van der Waals surface area contributed by atoms with E-state index in [1.54, 1.807) is 7.11 Å². The van der Waals surface area contributed by atoms with Crippen LogP contribution in [0.1, 0.15) is 32.6 Å². The van der Waals surface area contributed by atoms with Crippen LogP contribution >= 0.6 is 0 Å². The Labute approximate surface area is 223 Å². The van der Waals surface area contributed by atoms with Gasteiger partial charge in [0.1, 0.15) is 5.75 Å². The molecular formula is C30H32FO5Sb. The third-order valence-electron chi connectivity index (χ3n) is 5.58. The first-order valence-electron chi connectivity index (χ1n) is 12.3. The Morgan fingerprint density at radius 3 is 1.76 bits per heavy atom. The van der Waals surface area contributed by atoms with Gasteiger partial charge in [-0.05, 0) is 42.0 Å². The molecule has 37 heavy (non-hydrogen) atoms. The maximum atomic E-state index is 11.8. The first kappa shape index (κ1) is 28.6. The van der Waals surface area contributed by atoms with Crippen LogP contribution < -0.4 is 8.12 Å². The van der Waals surface area contributed by atoms with Crippen LogP contribution in [0.4, 0.5) is 2.81 Å². The number of hydrogen-bond donors (Lipinski definition) is 0. The molecule has 5 nitrogen and oxygen atoms in total. The number of ether oxygens (including phenoxy) is 1. The molecule has 0 aliphatic rings. The zero-order valence-electron chi connectivity index (χ0n) is 21.1. The molecule has 0 fully saturated rings. The molecule has 1 heterocycles. The average Bonchev–Trinajstić information content (AvgIpc) is 2.93. The summed E-state index contributed by atoms with van der Waals surface area (Å²) >= 11 is -5.77. The molecule has 0 spiro atoms. The van der Waals surface area contributed by atoms with Gasteiger partial charge in [0.05, 0.1) is 30.4 Å². The number of halogens is 1. The van der Waals surface area contributed by atoms with Gasteiger partial charge < -0.3 is 4.74 Å². The second kappa shape index (κ2) is 14.7. The Hall–Kier alpha value is -2.92. The summed E-state index contributed by atoms with van der Waals surface area (Å²) in [6, 6.07) is 32.6. The average molecular weight is 613 g/mol. The molecule has 1 unspecified atom stereocenters. The van der Waals surface area contributed by atoms with Crippen LogP contribution in [0.3, 0.4) is 0 Å². The van der Waals surface area contributed by atoms with Gasteiger partial charge in [0.15, 0.2) is 0 Å². The van der Waals surface area contributed by atoms with E-state index in [9.17, 15) is 9.22 Å². The Kier molecular flexibility index (Phi) is 11.4. The van der Waals surface area contributed by atoms with Crippen LogP contribution in [0, 0.1) is 0 Å². The van der Waals surface area contributed by atoms with Crippen LogP contribution in [0.5, 0.6) is 5.75 Å². The van der Waals surface area contributed by atoms with Crippen molar-refractivity contribution in [2.45, 2.75) is 32.6 Å². The van der Waals surface area contributed by atoms with Crippen molar-refractivity contribution in [3.05, 3.63) is 97.1 Å². The van der Waals surface area contributed by atoms with Crippen molar-refractivity contribution in [1.82, 2.24) is 0 Å². The Balaban J connectivity index is 0.000000295. The van der Waals surface area contributed by atoms with Crippen molar-refractivity contribution in [2.75, 3.05) is 13.7 Å². The fourth-order valence-electron chi connectivity index (χ4n) is 3.64. The minimum atomic E-state index is -5.77. The minimum Gasteiger partial charge on any atom is -0.497 e.